The highest BCUT2D eigenvalue weighted by molar-refractivity contribution is 5.87. The third-order valence-electron chi connectivity index (χ3n) is 1.70. The number of alkyl halides is 5. The predicted molar refractivity (Wildman–Crippen MR) is 41.2 cm³/mol. The highest BCUT2D eigenvalue weighted by Crippen LogP contribution is 2.37. The van der Waals surface area contributed by atoms with Crippen LogP contribution >= 0.6 is 0 Å². The average molecular weight is 241 g/mol. The number of nitrogens with zero attached hydrogens (tertiary/aromatic N) is 1. The molecule has 0 bridgehead atoms. The van der Waals surface area contributed by atoms with Crippen LogP contribution in [0, 0.1) is 0 Å². The summed E-state index contributed by atoms with van der Waals surface area (Å²) in [6.07, 6.45) is -8.01. The van der Waals surface area contributed by atoms with E-state index in [1.807, 2.05) is 0 Å². The molecule has 0 aliphatic rings. The quantitative estimate of drug-likeness (QED) is 0.810. The molecule has 0 atom stereocenters. The topological polar surface area (TPSA) is 50.2 Å². The van der Waals surface area contributed by atoms with Crippen LogP contribution in [0.3, 0.4) is 0 Å². The molecule has 1 N–H and O–H groups in total. The first-order valence-corrected chi connectivity index (χ1v) is 3.82. The highest BCUT2D eigenvalue weighted by Gasteiger charge is 2.40. The van der Waals surface area contributed by atoms with E-state index in [0.29, 0.717) is 12.3 Å². The molecule has 0 saturated heterocycles. The summed E-state index contributed by atoms with van der Waals surface area (Å²) in [5, 5.41) is 8.43. The Bertz CT molecular complexity index is 415. The maximum Gasteiger partial charge on any atom is 0.419 e. The van der Waals surface area contributed by atoms with Crippen LogP contribution < -0.4 is 0 Å². The summed E-state index contributed by atoms with van der Waals surface area (Å²) in [4.78, 5) is 13.4. The fourth-order valence-electron chi connectivity index (χ4n) is 1.12. The molecule has 3 nitrogen and oxygen atoms in total. The number of carbonyl (C=O) groups is 1. The molecule has 1 aromatic heterocycles. The van der Waals surface area contributed by atoms with Gasteiger partial charge in [0, 0.05) is 11.8 Å². The van der Waals surface area contributed by atoms with Crippen LogP contribution in [0.5, 0.6) is 0 Å². The molecule has 0 amide bonds. The first-order chi connectivity index (χ1) is 7.25. The molecule has 8 heteroatoms. The molecule has 1 heterocycles. The molecule has 0 aliphatic carbocycles. The smallest absolute Gasteiger partial charge is 0.419 e. The Morgan fingerprint density at radius 3 is 2.31 bits per heavy atom. The zero-order valence-electron chi connectivity index (χ0n) is 7.42. The molecule has 16 heavy (non-hydrogen) atoms. The Morgan fingerprint density at radius 2 is 1.94 bits per heavy atom. The van der Waals surface area contributed by atoms with E-state index in [2.05, 4.69) is 4.98 Å². The summed E-state index contributed by atoms with van der Waals surface area (Å²) < 4.78 is 61.7. The van der Waals surface area contributed by atoms with Crippen molar-refractivity contribution in [3.05, 3.63) is 29.1 Å². The van der Waals surface area contributed by atoms with Gasteiger partial charge in [0.05, 0.1) is 5.56 Å². The summed E-state index contributed by atoms with van der Waals surface area (Å²) in [6.45, 7) is 0. The van der Waals surface area contributed by atoms with E-state index in [9.17, 15) is 26.7 Å². The van der Waals surface area contributed by atoms with Gasteiger partial charge in [-0.2, -0.15) is 13.2 Å². The fourth-order valence-corrected chi connectivity index (χ4v) is 1.12. The number of aromatic nitrogens is 1. The molecule has 0 unspecified atom stereocenters. The summed E-state index contributed by atoms with van der Waals surface area (Å²) in [7, 11) is 0. The van der Waals surface area contributed by atoms with Crippen LogP contribution in [0.15, 0.2) is 12.3 Å². The van der Waals surface area contributed by atoms with Crippen molar-refractivity contribution in [2.24, 2.45) is 0 Å². The lowest BCUT2D eigenvalue weighted by molar-refractivity contribution is -0.140. The van der Waals surface area contributed by atoms with Crippen LogP contribution in [0.2, 0.25) is 0 Å². The van der Waals surface area contributed by atoms with Crippen LogP contribution in [0.25, 0.3) is 0 Å². The maximum absolute atomic E-state index is 12.4. The molecule has 1 aromatic rings. The van der Waals surface area contributed by atoms with Crippen LogP contribution in [-0.4, -0.2) is 16.1 Å². The first-order valence-electron chi connectivity index (χ1n) is 3.82. The molecule has 0 fully saturated rings. The van der Waals surface area contributed by atoms with Crippen molar-refractivity contribution in [3.63, 3.8) is 0 Å². The van der Waals surface area contributed by atoms with Gasteiger partial charge in [0.1, 0.15) is 0 Å². The molecule has 0 aliphatic heterocycles. The monoisotopic (exact) mass is 241 g/mol. The second kappa shape index (κ2) is 4.03. The van der Waals surface area contributed by atoms with Gasteiger partial charge in [0.15, 0.2) is 5.69 Å². The van der Waals surface area contributed by atoms with E-state index in [4.69, 9.17) is 5.11 Å². The number of pyridine rings is 1. The van der Waals surface area contributed by atoms with Gasteiger partial charge in [-0.25, -0.2) is 18.6 Å². The summed E-state index contributed by atoms with van der Waals surface area (Å²) in [5.74, 6) is -2.00. The van der Waals surface area contributed by atoms with Crippen molar-refractivity contribution in [2.75, 3.05) is 0 Å². The lowest BCUT2D eigenvalue weighted by Crippen LogP contribution is -2.18. The first kappa shape index (κ1) is 12.3. The molecule has 0 saturated carbocycles. The van der Waals surface area contributed by atoms with E-state index >= 15 is 0 Å². The number of halogens is 5. The van der Waals surface area contributed by atoms with E-state index in [-0.39, 0.29) is 0 Å². The third kappa shape index (κ3) is 2.26. The second-order valence-electron chi connectivity index (χ2n) is 2.73. The average Bonchev–Trinajstić information content (AvgIpc) is 2.15. The summed E-state index contributed by atoms with van der Waals surface area (Å²) in [6, 6.07) is 0.444. The van der Waals surface area contributed by atoms with Crippen molar-refractivity contribution in [1.29, 1.82) is 0 Å². The number of hydrogen-bond acceptors (Lipinski definition) is 2. The minimum atomic E-state index is -5.19. The Hall–Kier alpha value is -1.73. The third-order valence-corrected chi connectivity index (χ3v) is 1.70. The molecular formula is C8H4F5NO2. The number of hydrogen-bond donors (Lipinski definition) is 1. The Kier molecular flexibility index (Phi) is 3.11. The molecule has 88 valence electrons. The van der Waals surface area contributed by atoms with E-state index in [1.54, 1.807) is 0 Å². The van der Waals surface area contributed by atoms with Gasteiger partial charge in [-0.15, -0.1) is 0 Å². The minimum Gasteiger partial charge on any atom is -0.476 e. The number of carboxylic acid groups (broad SMARTS) is 1. The zero-order chi connectivity index (χ0) is 12.5. The molecule has 0 spiro atoms. The van der Waals surface area contributed by atoms with Crippen LogP contribution in [0.1, 0.15) is 28.0 Å². The van der Waals surface area contributed by atoms with Crippen molar-refractivity contribution in [2.45, 2.75) is 12.6 Å². The van der Waals surface area contributed by atoms with Gasteiger partial charge < -0.3 is 5.11 Å². The van der Waals surface area contributed by atoms with Crippen LogP contribution in [0.4, 0.5) is 22.0 Å². The minimum absolute atomic E-state index is 0.444. The zero-order valence-corrected chi connectivity index (χ0v) is 7.42. The van der Waals surface area contributed by atoms with Gasteiger partial charge in [-0.05, 0) is 6.07 Å². The number of carboxylic acids is 1. The van der Waals surface area contributed by atoms with Crippen molar-refractivity contribution >= 4 is 5.97 Å². The number of rotatable bonds is 2. The Labute approximate surface area is 85.5 Å². The van der Waals surface area contributed by atoms with Gasteiger partial charge in [-0.3, -0.25) is 0 Å². The molecule has 0 radical (unpaired) electrons. The van der Waals surface area contributed by atoms with Gasteiger partial charge in [-0.1, -0.05) is 0 Å². The molecule has 1 rings (SSSR count). The lowest BCUT2D eigenvalue weighted by atomic mass is 10.1. The summed E-state index contributed by atoms with van der Waals surface area (Å²) in [5.41, 5.74) is -4.72. The van der Waals surface area contributed by atoms with Crippen molar-refractivity contribution in [1.82, 2.24) is 4.98 Å². The van der Waals surface area contributed by atoms with Crippen molar-refractivity contribution < 1.29 is 31.9 Å². The van der Waals surface area contributed by atoms with Crippen molar-refractivity contribution in [3.8, 4) is 0 Å². The highest BCUT2D eigenvalue weighted by atomic mass is 19.4. The van der Waals surface area contributed by atoms with Gasteiger partial charge in [0.25, 0.3) is 6.43 Å². The van der Waals surface area contributed by atoms with E-state index in [0.717, 1.165) is 0 Å². The predicted octanol–water partition coefficient (Wildman–Crippen LogP) is 2.74. The Morgan fingerprint density at radius 1 is 1.38 bits per heavy atom. The Balaban J connectivity index is 3.54. The van der Waals surface area contributed by atoms with Gasteiger partial charge in [0.2, 0.25) is 0 Å². The van der Waals surface area contributed by atoms with E-state index < -0.39 is 35.4 Å². The largest absolute Gasteiger partial charge is 0.476 e. The normalized spacial score (nSPS) is 11.9. The van der Waals surface area contributed by atoms with Crippen LogP contribution in [-0.2, 0) is 6.18 Å². The maximum atomic E-state index is 12.4. The second-order valence-corrected chi connectivity index (χ2v) is 2.73. The van der Waals surface area contributed by atoms with Gasteiger partial charge >= 0.3 is 12.1 Å². The molecule has 0 aromatic carbocycles. The standard InChI is InChI=1S/C8H4F5NO2/c9-6(10)3-1-2-14-5(7(15)16)4(3)8(11,12)13/h1-2,6H,(H,15,16). The van der Waals surface area contributed by atoms with E-state index in [1.165, 1.54) is 0 Å². The number of aromatic carboxylic acids is 1. The SMILES string of the molecule is O=C(O)c1nccc(C(F)F)c1C(F)(F)F. The molecular weight excluding hydrogens is 237 g/mol. The summed E-state index contributed by atoms with van der Waals surface area (Å²) >= 11 is 0. The fraction of sp³-hybridized carbons (Fsp3) is 0.250. The lowest BCUT2D eigenvalue weighted by Gasteiger charge is -2.13.